The zero-order valence-corrected chi connectivity index (χ0v) is 21.4. The molecular weight excluding hydrogens is 420 g/mol. The standard InChI is InChI=1S/C35H36/c1-4-27-12-8-9-15-31(27)30-23-20-26(3)34(24-30)32-16-10-11-17-33(32)35(28-13-6-5-7-14-28)29-21-18-25(2)19-22-29/h5-7,10-11,13-14,16-24,35H,4,8-9,12,15H2,1-3H3. The molecular formula is C35H36. The van der Waals surface area contributed by atoms with E-state index in [9.17, 15) is 0 Å². The predicted molar refractivity (Wildman–Crippen MR) is 151 cm³/mol. The van der Waals surface area contributed by atoms with E-state index >= 15 is 0 Å². The van der Waals surface area contributed by atoms with Crippen molar-refractivity contribution in [3.8, 4) is 11.1 Å². The summed E-state index contributed by atoms with van der Waals surface area (Å²) in [6, 6.07) is 36.2. The first kappa shape index (κ1) is 23.4. The van der Waals surface area contributed by atoms with E-state index in [1.54, 1.807) is 11.1 Å². The monoisotopic (exact) mass is 456 g/mol. The highest BCUT2D eigenvalue weighted by molar-refractivity contribution is 5.79. The minimum atomic E-state index is 0.191. The maximum atomic E-state index is 2.47. The lowest BCUT2D eigenvalue weighted by atomic mass is 9.79. The van der Waals surface area contributed by atoms with Crippen LogP contribution in [0.4, 0.5) is 0 Å². The molecule has 0 nitrogen and oxygen atoms in total. The summed E-state index contributed by atoms with van der Waals surface area (Å²) >= 11 is 0. The smallest absolute Gasteiger partial charge is 0.0346 e. The van der Waals surface area contributed by atoms with Crippen LogP contribution >= 0.6 is 0 Å². The second-order valence-corrected chi connectivity index (χ2v) is 10.0. The molecule has 1 aliphatic rings. The third-order valence-corrected chi connectivity index (χ3v) is 7.70. The zero-order chi connectivity index (χ0) is 24.2. The van der Waals surface area contributed by atoms with Crippen molar-refractivity contribution in [1.82, 2.24) is 0 Å². The molecule has 0 fully saturated rings. The first-order chi connectivity index (χ1) is 17.2. The van der Waals surface area contributed by atoms with Gasteiger partial charge in [-0.3, -0.25) is 0 Å². The van der Waals surface area contributed by atoms with Crippen molar-refractivity contribution in [2.24, 2.45) is 0 Å². The molecule has 0 heterocycles. The lowest BCUT2D eigenvalue weighted by molar-refractivity contribution is 0.697. The normalized spacial score (nSPS) is 14.7. The van der Waals surface area contributed by atoms with Crippen molar-refractivity contribution < 1.29 is 0 Å². The Labute approximate surface area is 211 Å². The fourth-order valence-electron chi connectivity index (χ4n) is 5.76. The first-order valence-corrected chi connectivity index (χ1v) is 13.2. The number of aryl methyl sites for hydroxylation is 2. The summed E-state index contributed by atoms with van der Waals surface area (Å²) in [5.74, 6) is 0.191. The SMILES string of the molecule is CCC1=C(c2ccc(C)c(-c3ccccc3C(c3ccccc3)c3ccc(C)cc3)c2)CCCC1. The highest BCUT2D eigenvalue weighted by atomic mass is 14.3. The molecule has 0 spiro atoms. The maximum absolute atomic E-state index is 2.47. The third-order valence-electron chi connectivity index (χ3n) is 7.70. The predicted octanol–water partition coefficient (Wildman–Crippen LogP) is 9.89. The molecule has 0 saturated carbocycles. The summed E-state index contributed by atoms with van der Waals surface area (Å²) in [5.41, 5.74) is 14.1. The molecule has 0 heteroatoms. The molecule has 0 aromatic heterocycles. The van der Waals surface area contributed by atoms with Gasteiger partial charge in [-0.15, -0.1) is 0 Å². The molecule has 4 aromatic carbocycles. The summed E-state index contributed by atoms with van der Waals surface area (Å²) in [5, 5.41) is 0. The summed E-state index contributed by atoms with van der Waals surface area (Å²) in [6.45, 7) is 6.74. The minimum absolute atomic E-state index is 0.191. The second-order valence-electron chi connectivity index (χ2n) is 10.0. The first-order valence-electron chi connectivity index (χ1n) is 13.2. The van der Waals surface area contributed by atoms with Gasteiger partial charge in [-0.05, 0) is 96.5 Å². The van der Waals surface area contributed by atoms with Gasteiger partial charge in [0.15, 0.2) is 0 Å². The average molecular weight is 457 g/mol. The Kier molecular flexibility index (Phi) is 7.00. The van der Waals surface area contributed by atoms with Crippen LogP contribution in [0.1, 0.15) is 78.3 Å². The highest BCUT2D eigenvalue weighted by Gasteiger charge is 2.22. The molecule has 0 N–H and O–H groups in total. The van der Waals surface area contributed by atoms with Crippen LogP contribution in [0.2, 0.25) is 0 Å². The number of allylic oxidation sites excluding steroid dienone is 2. The lowest BCUT2D eigenvalue weighted by Crippen LogP contribution is -2.06. The largest absolute Gasteiger partial charge is 0.0667 e. The minimum Gasteiger partial charge on any atom is -0.0667 e. The summed E-state index contributed by atoms with van der Waals surface area (Å²) in [6.07, 6.45) is 6.28. The molecule has 0 bridgehead atoms. The molecule has 0 saturated heterocycles. The van der Waals surface area contributed by atoms with Crippen molar-refractivity contribution in [2.45, 2.75) is 58.8 Å². The van der Waals surface area contributed by atoms with Gasteiger partial charge in [0, 0.05) is 5.92 Å². The van der Waals surface area contributed by atoms with Gasteiger partial charge in [-0.1, -0.05) is 109 Å². The van der Waals surface area contributed by atoms with E-state index in [0.717, 1.165) is 0 Å². The zero-order valence-electron chi connectivity index (χ0n) is 21.4. The topological polar surface area (TPSA) is 0 Å². The molecule has 0 amide bonds. The Balaban J connectivity index is 1.68. The Morgan fingerprint density at radius 2 is 1.34 bits per heavy atom. The Morgan fingerprint density at radius 1 is 0.657 bits per heavy atom. The van der Waals surface area contributed by atoms with Crippen LogP contribution in [0, 0.1) is 13.8 Å². The molecule has 0 radical (unpaired) electrons. The van der Waals surface area contributed by atoms with E-state index in [-0.39, 0.29) is 5.92 Å². The number of rotatable bonds is 6. The molecule has 1 atom stereocenters. The van der Waals surface area contributed by atoms with Crippen LogP contribution in [-0.2, 0) is 0 Å². The molecule has 0 aliphatic heterocycles. The van der Waals surface area contributed by atoms with Crippen molar-refractivity contribution >= 4 is 5.57 Å². The summed E-state index contributed by atoms with van der Waals surface area (Å²) < 4.78 is 0. The van der Waals surface area contributed by atoms with Crippen molar-refractivity contribution in [3.63, 3.8) is 0 Å². The Hall–Kier alpha value is -3.38. The number of benzene rings is 4. The van der Waals surface area contributed by atoms with Gasteiger partial charge in [0.2, 0.25) is 0 Å². The van der Waals surface area contributed by atoms with Crippen LogP contribution in [0.25, 0.3) is 16.7 Å². The van der Waals surface area contributed by atoms with E-state index in [4.69, 9.17) is 0 Å². The van der Waals surface area contributed by atoms with Gasteiger partial charge in [0.1, 0.15) is 0 Å². The highest BCUT2D eigenvalue weighted by Crippen LogP contribution is 2.41. The van der Waals surface area contributed by atoms with Crippen molar-refractivity contribution in [2.75, 3.05) is 0 Å². The molecule has 35 heavy (non-hydrogen) atoms. The van der Waals surface area contributed by atoms with Crippen LogP contribution in [0.3, 0.4) is 0 Å². The fourth-order valence-corrected chi connectivity index (χ4v) is 5.76. The third kappa shape index (κ3) is 4.89. The molecule has 176 valence electrons. The quantitative estimate of drug-likeness (QED) is 0.253. The van der Waals surface area contributed by atoms with Gasteiger partial charge in [-0.25, -0.2) is 0 Å². The van der Waals surface area contributed by atoms with E-state index in [0.29, 0.717) is 0 Å². The van der Waals surface area contributed by atoms with E-state index in [2.05, 4.69) is 118 Å². The van der Waals surface area contributed by atoms with Crippen LogP contribution < -0.4 is 0 Å². The van der Waals surface area contributed by atoms with Gasteiger partial charge in [0.05, 0.1) is 0 Å². The molecule has 1 aliphatic carbocycles. The maximum Gasteiger partial charge on any atom is 0.0346 e. The van der Waals surface area contributed by atoms with Crippen molar-refractivity contribution in [1.29, 1.82) is 0 Å². The van der Waals surface area contributed by atoms with Gasteiger partial charge >= 0.3 is 0 Å². The fraction of sp³-hybridized carbons (Fsp3) is 0.257. The van der Waals surface area contributed by atoms with Gasteiger partial charge < -0.3 is 0 Å². The summed E-state index contributed by atoms with van der Waals surface area (Å²) in [7, 11) is 0. The van der Waals surface area contributed by atoms with Crippen LogP contribution in [0.15, 0.2) is 103 Å². The van der Waals surface area contributed by atoms with Gasteiger partial charge in [-0.2, -0.15) is 0 Å². The van der Waals surface area contributed by atoms with E-state index in [1.807, 2.05) is 0 Å². The summed E-state index contributed by atoms with van der Waals surface area (Å²) in [4.78, 5) is 0. The number of hydrogen-bond donors (Lipinski definition) is 0. The lowest BCUT2D eigenvalue weighted by Gasteiger charge is -2.24. The van der Waals surface area contributed by atoms with E-state index < -0.39 is 0 Å². The van der Waals surface area contributed by atoms with E-state index in [1.165, 1.54) is 76.6 Å². The molecule has 4 aromatic rings. The van der Waals surface area contributed by atoms with Gasteiger partial charge in [0.25, 0.3) is 0 Å². The molecule has 1 unspecified atom stereocenters. The number of hydrogen-bond acceptors (Lipinski definition) is 0. The van der Waals surface area contributed by atoms with Crippen molar-refractivity contribution in [3.05, 3.63) is 136 Å². The van der Waals surface area contributed by atoms with Crippen LogP contribution in [0.5, 0.6) is 0 Å². The molecule has 5 rings (SSSR count). The second kappa shape index (κ2) is 10.5. The Morgan fingerprint density at radius 3 is 2.11 bits per heavy atom. The Bertz CT molecular complexity index is 1320. The van der Waals surface area contributed by atoms with Crippen LogP contribution in [-0.4, -0.2) is 0 Å². The average Bonchev–Trinajstić information content (AvgIpc) is 2.91.